The number of anilines is 1. The highest BCUT2D eigenvalue weighted by Crippen LogP contribution is 2.30. The second kappa shape index (κ2) is 45.4. The molecule has 0 bridgehead atoms. The van der Waals surface area contributed by atoms with Crippen LogP contribution in [0.5, 0.6) is 11.5 Å². The van der Waals surface area contributed by atoms with Gasteiger partial charge in [0.15, 0.2) is 6.29 Å². The van der Waals surface area contributed by atoms with Gasteiger partial charge in [0.25, 0.3) is 5.17 Å². The van der Waals surface area contributed by atoms with E-state index < -0.39 is 49.0 Å². The minimum absolute atomic E-state index is 0.0253. The van der Waals surface area contributed by atoms with Gasteiger partial charge in [-0.3, -0.25) is 0 Å². The van der Waals surface area contributed by atoms with Gasteiger partial charge >= 0.3 is 0 Å². The lowest BCUT2D eigenvalue weighted by molar-refractivity contribution is -0.302. The number of hydrogen-bond donors (Lipinski definition) is 7. The fraction of sp³-hybridized carbons (Fsp3) is 0.881. The SMILES string of the molecule is CCCCCCCCCCCCCCCCCCCCCCCCCCN[C@@H](CO[C@H]1O[C@H](COC(=S)Nc2ccc(OC)cc2OC)[C@H](O)[C@H](O)[C@H]1O)[C@H](O)[C@H](O)CCCCCCCCCCCCCC. The summed E-state index contributed by atoms with van der Waals surface area (Å²) in [7, 11) is 3.08. The smallest absolute Gasteiger partial charge is 0.261 e. The zero-order valence-electron chi connectivity index (χ0n) is 46.3. The quantitative estimate of drug-likeness (QED) is 0.0243. The largest absolute Gasteiger partial charge is 0.497 e. The normalized spacial score (nSPS) is 19.3. The van der Waals surface area contributed by atoms with Crippen LogP contribution in [0.2, 0.25) is 0 Å². The van der Waals surface area contributed by atoms with Crippen molar-refractivity contribution in [3.8, 4) is 11.5 Å². The van der Waals surface area contributed by atoms with Crippen molar-refractivity contribution in [3.05, 3.63) is 18.2 Å². The van der Waals surface area contributed by atoms with E-state index in [1.165, 1.54) is 200 Å². The van der Waals surface area contributed by atoms with Gasteiger partial charge in [0.2, 0.25) is 0 Å². The number of aliphatic hydroxyl groups is 5. The number of aliphatic hydroxyl groups excluding tert-OH is 5. The number of benzene rings is 1. The molecule has 1 saturated heterocycles. The molecule has 0 aromatic heterocycles. The van der Waals surface area contributed by atoms with Crippen LogP contribution in [0.25, 0.3) is 0 Å². The van der Waals surface area contributed by atoms with Crippen molar-refractivity contribution in [2.24, 2.45) is 0 Å². The molecule has 1 heterocycles. The van der Waals surface area contributed by atoms with E-state index in [2.05, 4.69) is 24.5 Å². The second-order valence-electron chi connectivity index (χ2n) is 21.1. The summed E-state index contributed by atoms with van der Waals surface area (Å²) in [6.07, 6.45) is 38.1. The Morgan fingerprint density at radius 3 is 1.43 bits per heavy atom. The molecule has 1 aliphatic heterocycles. The van der Waals surface area contributed by atoms with Crippen molar-refractivity contribution in [2.75, 3.05) is 39.3 Å². The molecule has 8 atom stereocenters. The average Bonchev–Trinajstić information content (AvgIpc) is 3.39. The van der Waals surface area contributed by atoms with Gasteiger partial charge in [-0.1, -0.05) is 239 Å². The molecule has 422 valence electrons. The van der Waals surface area contributed by atoms with E-state index in [-0.39, 0.29) is 18.4 Å². The summed E-state index contributed by atoms with van der Waals surface area (Å²) in [6.45, 7) is 4.81. The molecule has 12 nitrogen and oxygen atoms in total. The minimum Gasteiger partial charge on any atom is -0.497 e. The number of thiocarbonyl (C=S) groups is 1. The monoisotopic (exact) mass is 1040 g/mol. The molecule has 0 saturated carbocycles. The highest BCUT2D eigenvalue weighted by molar-refractivity contribution is 7.80. The third kappa shape index (κ3) is 31.9. The van der Waals surface area contributed by atoms with Crippen molar-refractivity contribution in [3.63, 3.8) is 0 Å². The molecular formula is C59H110N2O10S. The number of rotatable bonds is 49. The maximum Gasteiger partial charge on any atom is 0.261 e. The predicted octanol–water partition coefficient (Wildman–Crippen LogP) is 13.4. The first-order valence-electron chi connectivity index (χ1n) is 29.7. The maximum absolute atomic E-state index is 11.5. The summed E-state index contributed by atoms with van der Waals surface area (Å²) in [5.41, 5.74) is 0.536. The molecule has 0 unspecified atom stereocenters. The van der Waals surface area contributed by atoms with Crippen LogP contribution >= 0.6 is 12.2 Å². The first-order chi connectivity index (χ1) is 35.2. The van der Waals surface area contributed by atoms with Crippen LogP contribution in [0.3, 0.4) is 0 Å². The van der Waals surface area contributed by atoms with E-state index >= 15 is 0 Å². The lowest BCUT2D eigenvalue weighted by Crippen LogP contribution is -2.60. The number of nitrogens with one attached hydrogen (secondary N) is 2. The van der Waals surface area contributed by atoms with E-state index in [9.17, 15) is 25.5 Å². The van der Waals surface area contributed by atoms with Gasteiger partial charge in [-0.05, 0) is 43.7 Å². The van der Waals surface area contributed by atoms with Crippen molar-refractivity contribution >= 4 is 23.1 Å². The Kier molecular flexibility index (Phi) is 41.8. The zero-order valence-corrected chi connectivity index (χ0v) is 47.1. The topological polar surface area (TPSA) is 171 Å². The van der Waals surface area contributed by atoms with Crippen LogP contribution in [0.15, 0.2) is 18.2 Å². The Labute approximate surface area is 445 Å². The van der Waals surface area contributed by atoms with Crippen molar-refractivity contribution in [2.45, 2.75) is 300 Å². The Balaban J connectivity index is 1.73. The lowest BCUT2D eigenvalue weighted by Gasteiger charge is -2.40. The highest BCUT2D eigenvalue weighted by atomic mass is 32.1. The first kappa shape index (κ1) is 66.3. The molecule has 1 aromatic rings. The Bertz CT molecular complexity index is 1400. The summed E-state index contributed by atoms with van der Waals surface area (Å²) < 4.78 is 28.4. The molecule has 2 rings (SSSR count). The minimum atomic E-state index is -1.59. The third-order valence-corrected chi connectivity index (χ3v) is 14.9. The van der Waals surface area contributed by atoms with E-state index in [4.69, 9.17) is 35.9 Å². The van der Waals surface area contributed by atoms with Crippen LogP contribution in [0.1, 0.15) is 251 Å². The molecule has 0 radical (unpaired) electrons. The Morgan fingerprint density at radius 2 is 1.00 bits per heavy atom. The van der Waals surface area contributed by atoms with Gasteiger partial charge in [0.1, 0.15) is 42.5 Å². The summed E-state index contributed by atoms with van der Waals surface area (Å²) in [5, 5.41) is 61.6. The summed E-state index contributed by atoms with van der Waals surface area (Å²) in [4.78, 5) is 0. The van der Waals surface area contributed by atoms with Gasteiger partial charge in [0, 0.05) is 6.07 Å². The van der Waals surface area contributed by atoms with E-state index in [0.29, 0.717) is 30.2 Å². The molecule has 72 heavy (non-hydrogen) atoms. The van der Waals surface area contributed by atoms with Crippen LogP contribution in [0, 0.1) is 0 Å². The van der Waals surface area contributed by atoms with Gasteiger partial charge in [-0.25, -0.2) is 0 Å². The van der Waals surface area contributed by atoms with Crippen molar-refractivity contribution < 1.29 is 49.2 Å². The molecule has 0 aliphatic carbocycles. The molecule has 0 amide bonds. The lowest BCUT2D eigenvalue weighted by atomic mass is 9.98. The Hall–Kier alpha value is -1.81. The predicted molar refractivity (Wildman–Crippen MR) is 300 cm³/mol. The zero-order chi connectivity index (χ0) is 52.3. The van der Waals surface area contributed by atoms with Crippen LogP contribution in [-0.2, 0) is 14.2 Å². The number of unbranched alkanes of at least 4 members (excludes halogenated alkanes) is 34. The maximum atomic E-state index is 11.5. The summed E-state index contributed by atoms with van der Waals surface area (Å²) in [5.74, 6) is 1.08. The number of methoxy groups -OCH3 is 2. The standard InChI is InChI=1S/C59H110N2O10S/c1-5-7-9-11-13-15-17-19-20-21-22-23-24-25-26-27-28-29-30-32-34-36-38-40-44-60-50(54(63)51(62)41-39-37-35-33-31-18-16-14-12-10-8-6-2)46-69-58-57(66)56(65)55(64)53(71-58)47-70-59(72)61-49-43-42-48(67-3)45-52(49)68-4/h42-43,45,50-51,53-58,60,62-66H,5-41,44,46-47H2,1-4H3,(H,61,72)/t50-,51+,53+,54-,55-,56-,57+,58-/m0/s1. The van der Waals surface area contributed by atoms with E-state index in [0.717, 1.165) is 38.5 Å². The molecular weight excluding hydrogens is 929 g/mol. The molecule has 1 aromatic carbocycles. The number of hydrogen-bond acceptors (Lipinski definition) is 12. The summed E-state index contributed by atoms with van der Waals surface area (Å²) >= 11 is 5.39. The van der Waals surface area contributed by atoms with Gasteiger partial charge in [0.05, 0.1) is 44.8 Å². The van der Waals surface area contributed by atoms with Gasteiger partial charge in [-0.15, -0.1) is 0 Å². The van der Waals surface area contributed by atoms with Gasteiger partial charge < -0.3 is 59.9 Å². The number of ether oxygens (including phenoxy) is 5. The molecule has 0 spiro atoms. The average molecular weight is 1040 g/mol. The van der Waals surface area contributed by atoms with Crippen LogP contribution < -0.4 is 20.1 Å². The van der Waals surface area contributed by atoms with E-state index in [1.54, 1.807) is 25.3 Å². The summed E-state index contributed by atoms with van der Waals surface area (Å²) in [6, 6.07) is 4.50. The Morgan fingerprint density at radius 1 is 0.569 bits per heavy atom. The van der Waals surface area contributed by atoms with Crippen LogP contribution in [0.4, 0.5) is 5.69 Å². The third-order valence-electron chi connectivity index (χ3n) is 14.7. The van der Waals surface area contributed by atoms with E-state index in [1.807, 2.05) is 0 Å². The molecule has 1 aliphatic rings. The van der Waals surface area contributed by atoms with Crippen LogP contribution in [-0.4, -0.2) is 114 Å². The molecule has 7 N–H and O–H groups in total. The fourth-order valence-electron chi connectivity index (χ4n) is 9.88. The molecule has 13 heteroatoms. The molecule has 1 fully saturated rings. The highest BCUT2D eigenvalue weighted by Gasteiger charge is 2.45. The fourth-order valence-corrected chi connectivity index (χ4v) is 10.1. The first-order valence-corrected chi connectivity index (χ1v) is 30.1. The second-order valence-corrected chi connectivity index (χ2v) is 21.4. The van der Waals surface area contributed by atoms with Crippen molar-refractivity contribution in [1.82, 2.24) is 5.32 Å². The van der Waals surface area contributed by atoms with Crippen molar-refractivity contribution in [1.29, 1.82) is 0 Å². The van der Waals surface area contributed by atoms with Gasteiger partial charge in [-0.2, -0.15) is 0 Å².